The molecule has 0 aliphatic rings. The summed E-state index contributed by atoms with van der Waals surface area (Å²) in [5, 5.41) is 0. The minimum Gasteiger partial charge on any atom is -0.383 e. The molecule has 152 valence electrons. The van der Waals surface area contributed by atoms with E-state index in [4.69, 9.17) is 9.47 Å². The third-order valence-electron chi connectivity index (χ3n) is 4.65. The lowest BCUT2D eigenvalue weighted by molar-refractivity contribution is 0.0646. The molecule has 0 amide bonds. The van der Waals surface area contributed by atoms with Crippen molar-refractivity contribution in [2.75, 3.05) is 33.6 Å². The minimum atomic E-state index is -0.669. The Morgan fingerprint density at radius 3 is 1.56 bits per heavy atom. The van der Waals surface area contributed by atoms with Crippen molar-refractivity contribution in [3.63, 3.8) is 0 Å². The van der Waals surface area contributed by atoms with Gasteiger partial charge in [-0.15, -0.1) is 0 Å². The molecule has 25 heavy (non-hydrogen) atoms. The molecule has 0 saturated carbocycles. The van der Waals surface area contributed by atoms with Crippen LogP contribution in [0, 0.1) is 0 Å². The van der Waals surface area contributed by atoms with E-state index in [0.29, 0.717) is 13.2 Å². The molecule has 0 rings (SSSR count). The molecule has 0 radical (unpaired) electrons. The standard InChI is InChI=1S/C21H42BrFO2/c1-3-4-5-6-7-8-9-10-11-12-13-14-15-16-17-25-20-21(22,18-23)19-24-2/h3-20H2,1-2H3. The number of hydrogen-bond donors (Lipinski definition) is 0. The zero-order chi connectivity index (χ0) is 18.6. The van der Waals surface area contributed by atoms with Crippen LogP contribution in [0.15, 0.2) is 0 Å². The summed E-state index contributed by atoms with van der Waals surface area (Å²) in [5.74, 6) is 0. The lowest BCUT2D eigenvalue weighted by Gasteiger charge is -2.22. The van der Waals surface area contributed by atoms with E-state index in [1.54, 1.807) is 7.11 Å². The molecule has 0 bridgehead atoms. The highest BCUT2D eigenvalue weighted by molar-refractivity contribution is 9.10. The second-order valence-corrected chi connectivity index (χ2v) is 9.05. The Labute approximate surface area is 164 Å². The maximum Gasteiger partial charge on any atom is 0.109 e. The quantitative estimate of drug-likeness (QED) is 0.151. The number of hydrogen-bond acceptors (Lipinski definition) is 2. The molecular formula is C21H42BrFO2. The first kappa shape index (κ1) is 25.3. The van der Waals surface area contributed by atoms with Gasteiger partial charge in [-0.3, -0.25) is 0 Å². The molecule has 1 atom stereocenters. The molecule has 0 spiro atoms. The Bertz CT molecular complexity index is 266. The molecule has 0 saturated heterocycles. The first-order valence-electron chi connectivity index (χ1n) is 10.5. The normalized spacial score (nSPS) is 13.9. The van der Waals surface area contributed by atoms with Crippen molar-refractivity contribution in [3.05, 3.63) is 0 Å². The van der Waals surface area contributed by atoms with Gasteiger partial charge < -0.3 is 9.47 Å². The van der Waals surface area contributed by atoms with Crippen LogP contribution in [-0.4, -0.2) is 37.9 Å². The van der Waals surface area contributed by atoms with Crippen LogP contribution < -0.4 is 0 Å². The number of halogens is 2. The Balaban J connectivity index is 3.19. The number of rotatable bonds is 20. The van der Waals surface area contributed by atoms with Gasteiger partial charge in [-0.05, 0) is 6.42 Å². The van der Waals surface area contributed by atoms with E-state index in [1.807, 2.05) is 0 Å². The van der Waals surface area contributed by atoms with Crippen LogP contribution in [0.4, 0.5) is 4.39 Å². The monoisotopic (exact) mass is 424 g/mol. The molecule has 0 fully saturated rings. The van der Waals surface area contributed by atoms with Crippen LogP contribution in [0.25, 0.3) is 0 Å². The summed E-state index contributed by atoms with van der Waals surface area (Å²) < 4.78 is 22.8. The van der Waals surface area contributed by atoms with Gasteiger partial charge in [0.1, 0.15) is 11.0 Å². The van der Waals surface area contributed by atoms with Crippen LogP contribution in [-0.2, 0) is 9.47 Å². The fourth-order valence-electron chi connectivity index (χ4n) is 3.03. The van der Waals surface area contributed by atoms with E-state index in [1.165, 1.54) is 83.5 Å². The molecule has 0 heterocycles. The average molecular weight is 425 g/mol. The second kappa shape index (κ2) is 19.1. The van der Waals surface area contributed by atoms with Crippen LogP contribution in [0.3, 0.4) is 0 Å². The van der Waals surface area contributed by atoms with Crippen molar-refractivity contribution in [2.24, 2.45) is 0 Å². The van der Waals surface area contributed by atoms with Gasteiger partial charge in [0.15, 0.2) is 0 Å². The molecule has 0 N–H and O–H groups in total. The van der Waals surface area contributed by atoms with Gasteiger partial charge in [0.05, 0.1) is 13.2 Å². The second-order valence-electron chi connectivity index (χ2n) is 7.37. The molecule has 4 heteroatoms. The Kier molecular flexibility index (Phi) is 19.4. The SMILES string of the molecule is CCCCCCCCCCCCCCCCOCC(Br)(CF)COC. The van der Waals surface area contributed by atoms with Crippen LogP contribution >= 0.6 is 15.9 Å². The maximum atomic E-state index is 12.9. The molecule has 0 aliphatic heterocycles. The van der Waals surface area contributed by atoms with Gasteiger partial charge >= 0.3 is 0 Å². The number of alkyl halides is 2. The highest BCUT2D eigenvalue weighted by Crippen LogP contribution is 2.20. The molecule has 0 aromatic heterocycles. The van der Waals surface area contributed by atoms with Gasteiger partial charge in [-0.2, -0.15) is 0 Å². The number of unbranched alkanes of at least 4 members (excludes halogenated alkanes) is 13. The zero-order valence-electron chi connectivity index (χ0n) is 16.8. The highest BCUT2D eigenvalue weighted by Gasteiger charge is 2.27. The van der Waals surface area contributed by atoms with Gasteiger partial charge in [0.2, 0.25) is 0 Å². The van der Waals surface area contributed by atoms with Gasteiger partial charge in [0, 0.05) is 13.7 Å². The van der Waals surface area contributed by atoms with E-state index >= 15 is 0 Å². The average Bonchev–Trinajstić information content (AvgIpc) is 2.61. The van der Waals surface area contributed by atoms with Crippen LogP contribution in [0.5, 0.6) is 0 Å². The summed E-state index contributed by atoms with van der Waals surface area (Å²) >= 11 is 3.36. The van der Waals surface area contributed by atoms with Gasteiger partial charge in [-0.1, -0.05) is 106 Å². The van der Waals surface area contributed by atoms with Crippen molar-refractivity contribution in [1.29, 1.82) is 0 Å². The molecule has 1 unspecified atom stereocenters. The van der Waals surface area contributed by atoms with Crippen molar-refractivity contribution in [3.8, 4) is 0 Å². The van der Waals surface area contributed by atoms with Crippen molar-refractivity contribution < 1.29 is 13.9 Å². The van der Waals surface area contributed by atoms with E-state index in [9.17, 15) is 4.39 Å². The van der Waals surface area contributed by atoms with Crippen LogP contribution in [0.1, 0.15) is 96.8 Å². The maximum absolute atomic E-state index is 12.9. The molecule has 2 nitrogen and oxygen atoms in total. The summed E-state index contributed by atoms with van der Waals surface area (Å²) in [5.41, 5.74) is 0. The lowest BCUT2D eigenvalue weighted by atomic mass is 10.0. The largest absolute Gasteiger partial charge is 0.383 e. The molecule has 0 aromatic rings. The lowest BCUT2D eigenvalue weighted by Crippen LogP contribution is -2.35. The highest BCUT2D eigenvalue weighted by atomic mass is 79.9. The van der Waals surface area contributed by atoms with Crippen molar-refractivity contribution in [2.45, 2.75) is 101 Å². The third kappa shape index (κ3) is 17.5. The zero-order valence-corrected chi connectivity index (χ0v) is 18.4. The predicted octanol–water partition coefficient (Wildman–Crippen LogP) is 7.23. The van der Waals surface area contributed by atoms with Crippen molar-refractivity contribution >= 4 is 15.9 Å². The first-order valence-corrected chi connectivity index (χ1v) is 11.3. The summed E-state index contributed by atoms with van der Waals surface area (Å²) in [4.78, 5) is 0. The minimum absolute atomic E-state index is 0.336. The predicted molar refractivity (Wildman–Crippen MR) is 111 cm³/mol. The van der Waals surface area contributed by atoms with Crippen LogP contribution in [0.2, 0.25) is 0 Å². The van der Waals surface area contributed by atoms with E-state index in [2.05, 4.69) is 22.9 Å². The Morgan fingerprint density at radius 1 is 0.720 bits per heavy atom. The van der Waals surface area contributed by atoms with E-state index < -0.39 is 11.0 Å². The fourth-order valence-corrected chi connectivity index (χ4v) is 3.42. The molecular weight excluding hydrogens is 383 g/mol. The third-order valence-corrected chi connectivity index (χ3v) is 5.32. The van der Waals surface area contributed by atoms with Gasteiger partial charge in [0.25, 0.3) is 0 Å². The van der Waals surface area contributed by atoms with E-state index in [0.717, 1.165) is 13.0 Å². The smallest absolute Gasteiger partial charge is 0.109 e. The Hall–Kier alpha value is 0.330. The topological polar surface area (TPSA) is 18.5 Å². The fraction of sp³-hybridized carbons (Fsp3) is 1.00. The Morgan fingerprint density at radius 2 is 1.16 bits per heavy atom. The first-order chi connectivity index (χ1) is 12.2. The summed E-state index contributed by atoms with van der Waals surface area (Å²) in [7, 11) is 1.58. The molecule has 0 aromatic carbocycles. The van der Waals surface area contributed by atoms with Gasteiger partial charge in [-0.25, -0.2) is 4.39 Å². The molecule has 0 aliphatic carbocycles. The summed E-state index contributed by atoms with van der Waals surface area (Å²) in [6.07, 6.45) is 19.0. The van der Waals surface area contributed by atoms with Crippen molar-refractivity contribution in [1.82, 2.24) is 0 Å². The number of ether oxygens (including phenoxy) is 2. The van der Waals surface area contributed by atoms with E-state index in [-0.39, 0.29) is 0 Å². The number of methoxy groups -OCH3 is 1. The summed E-state index contributed by atoms with van der Waals surface area (Å²) in [6.45, 7) is 3.23. The summed E-state index contributed by atoms with van der Waals surface area (Å²) in [6, 6.07) is 0.